The fraction of sp³-hybridized carbons (Fsp3) is 0.750. The molecular formula is C20H30N2O4. The van der Waals surface area contributed by atoms with E-state index >= 15 is 0 Å². The number of ether oxygens (including phenoxy) is 1. The number of ketones is 1. The molecule has 6 heteroatoms. The van der Waals surface area contributed by atoms with E-state index in [9.17, 15) is 14.4 Å². The lowest BCUT2D eigenvalue weighted by atomic mass is 9.71. The number of hydrogen-bond donors (Lipinski definition) is 1. The summed E-state index contributed by atoms with van der Waals surface area (Å²) in [6.07, 6.45) is 6.58. The van der Waals surface area contributed by atoms with Crippen molar-refractivity contribution in [2.45, 2.75) is 70.9 Å². The molecule has 6 nitrogen and oxygen atoms in total. The van der Waals surface area contributed by atoms with Gasteiger partial charge in [-0.1, -0.05) is 6.08 Å². The third-order valence-electron chi connectivity index (χ3n) is 5.47. The third kappa shape index (κ3) is 4.27. The molecule has 0 aromatic carbocycles. The first-order chi connectivity index (χ1) is 12.2. The van der Waals surface area contributed by atoms with Gasteiger partial charge in [0.2, 0.25) is 5.91 Å². The van der Waals surface area contributed by atoms with E-state index in [0.717, 1.165) is 24.8 Å². The molecule has 144 valence electrons. The fourth-order valence-electron chi connectivity index (χ4n) is 4.39. The quantitative estimate of drug-likeness (QED) is 0.780. The summed E-state index contributed by atoms with van der Waals surface area (Å²) in [6, 6.07) is 0.274. The summed E-state index contributed by atoms with van der Waals surface area (Å²) in [4.78, 5) is 38.5. The lowest BCUT2D eigenvalue weighted by Crippen LogP contribution is -2.56. The van der Waals surface area contributed by atoms with E-state index in [1.54, 1.807) is 0 Å². The number of Topliss-reactive ketones (excluding diaryl/α,β-unsaturated/α-hetero) is 1. The Labute approximate surface area is 155 Å². The Morgan fingerprint density at radius 3 is 2.85 bits per heavy atom. The van der Waals surface area contributed by atoms with E-state index in [4.69, 9.17) is 4.74 Å². The molecule has 3 rings (SSSR count). The van der Waals surface area contributed by atoms with Gasteiger partial charge in [-0.3, -0.25) is 9.59 Å². The van der Waals surface area contributed by atoms with Crippen LogP contribution in [0.25, 0.3) is 0 Å². The molecule has 2 aliphatic heterocycles. The standard InChI is InChI=1S/C20H30N2O4/c1-20(2,3)26-19(25)21-9-5-6-13-10-14-11-15(18(13)24)12-22-16(14)7-4-8-17(22)23/h10,14-16H,4-9,11-12H2,1-3H3,(H,21,25)/t14-,15+,16-/m1/s1. The summed E-state index contributed by atoms with van der Waals surface area (Å²) in [5.74, 6) is 0.666. The van der Waals surface area contributed by atoms with Crippen molar-refractivity contribution in [1.29, 1.82) is 0 Å². The monoisotopic (exact) mass is 362 g/mol. The highest BCUT2D eigenvalue weighted by molar-refractivity contribution is 5.98. The molecule has 2 heterocycles. The van der Waals surface area contributed by atoms with Crippen molar-refractivity contribution < 1.29 is 19.1 Å². The summed E-state index contributed by atoms with van der Waals surface area (Å²) in [7, 11) is 0. The molecule has 0 unspecified atom stereocenters. The van der Waals surface area contributed by atoms with Crippen molar-refractivity contribution in [3.05, 3.63) is 11.6 Å². The van der Waals surface area contributed by atoms with Crippen LogP contribution in [0.2, 0.25) is 0 Å². The maximum atomic E-state index is 12.7. The lowest BCUT2D eigenvalue weighted by Gasteiger charge is -2.48. The number of amides is 2. The highest BCUT2D eigenvalue weighted by Gasteiger charge is 2.44. The van der Waals surface area contributed by atoms with Crippen LogP contribution < -0.4 is 5.32 Å². The summed E-state index contributed by atoms with van der Waals surface area (Å²) in [6.45, 7) is 6.57. The molecule has 1 N–H and O–H groups in total. The van der Waals surface area contributed by atoms with Crippen molar-refractivity contribution in [2.24, 2.45) is 11.8 Å². The topological polar surface area (TPSA) is 75.7 Å². The van der Waals surface area contributed by atoms with Gasteiger partial charge in [-0.2, -0.15) is 0 Å². The van der Waals surface area contributed by atoms with E-state index in [-0.39, 0.29) is 23.7 Å². The minimum absolute atomic E-state index is 0.0443. The highest BCUT2D eigenvalue weighted by atomic mass is 16.6. The van der Waals surface area contributed by atoms with Gasteiger partial charge in [0.05, 0.1) is 0 Å². The van der Waals surface area contributed by atoms with Crippen LogP contribution in [0.15, 0.2) is 11.6 Å². The molecule has 0 spiro atoms. The van der Waals surface area contributed by atoms with Gasteiger partial charge in [-0.05, 0) is 64.4 Å². The molecular weight excluding hydrogens is 332 g/mol. The van der Waals surface area contributed by atoms with Crippen LogP contribution in [0.3, 0.4) is 0 Å². The molecule has 3 atom stereocenters. The lowest BCUT2D eigenvalue weighted by molar-refractivity contribution is -0.143. The molecule has 2 fully saturated rings. The number of alkyl carbamates (subject to hydrolysis) is 1. The Morgan fingerprint density at radius 1 is 1.35 bits per heavy atom. The van der Waals surface area contributed by atoms with Crippen molar-refractivity contribution in [3.8, 4) is 0 Å². The Morgan fingerprint density at radius 2 is 2.12 bits per heavy atom. The van der Waals surface area contributed by atoms with Crippen molar-refractivity contribution >= 4 is 17.8 Å². The molecule has 3 aliphatic rings. The second kappa shape index (κ2) is 7.41. The number of piperidine rings is 2. The van der Waals surface area contributed by atoms with Gasteiger partial charge in [-0.15, -0.1) is 0 Å². The molecule has 0 saturated carbocycles. The Hall–Kier alpha value is -1.85. The number of hydrogen-bond acceptors (Lipinski definition) is 4. The zero-order valence-electron chi connectivity index (χ0n) is 16.0. The minimum Gasteiger partial charge on any atom is -0.444 e. The van der Waals surface area contributed by atoms with E-state index in [1.165, 1.54) is 0 Å². The van der Waals surface area contributed by atoms with Gasteiger partial charge >= 0.3 is 6.09 Å². The molecule has 2 amide bonds. The van der Waals surface area contributed by atoms with Crippen molar-refractivity contribution in [2.75, 3.05) is 13.1 Å². The number of fused-ring (bicyclic) bond motifs is 4. The van der Waals surface area contributed by atoms with Crippen LogP contribution >= 0.6 is 0 Å². The number of nitrogens with one attached hydrogen (secondary N) is 1. The Balaban J connectivity index is 1.53. The van der Waals surface area contributed by atoms with Gasteiger partial charge in [-0.25, -0.2) is 4.79 Å². The van der Waals surface area contributed by atoms with Gasteiger partial charge in [0.25, 0.3) is 0 Å². The van der Waals surface area contributed by atoms with E-state index in [1.807, 2.05) is 25.7 Å². The molecule has 1 aliphatic carbocycles. The van der Waals surface area contributed by atoms with Crippen LogP contribution in [0.1, 0.15) is 59.3 Å². The van der Waals surface area contributed by atoms with Gasteiger partial charge in [0.15, 0.2) is 5.78 Å². The summed E-state index contributed by atoms with van der Waals surface area (Å²) < 4.78 is 5.21. The predicted molar refractivity (Wildman–Crippen MR) is 97.5 cm³/mol. The van der Waals surface area contributed by atoms with E-state index in [0.29, 0.717) is 38.3 Å². The van der Waals surface area contributed by atoms with Crippen LogP contribution in [0, 0.1) is 11.8 Å². The van der Waals surface area contributed by atoms with Gasteiger partial charge in [0.1, 0.15) is 5.60 Å². The zero-order valence-corrected chi connectivity index (χ0v) is 16.0. The van der Waals surface area contributed by atoms with Crippen LogP contribution in [-0.2, 0) is 14.3 Å². The molecule has 2 bridgehead atoms. The average Bonchev–Trinajstić information content (AvgIpc) is 2.55. The molecule has 0 aromatic rings. The number of carbonyl (C=O) groups excluding carboxylic acids is 3. The highest BCUT2D eigenvalue weighted by Crippen LogP contribution is 2.40. The number of nitrogens with zero attached hydrogens (tertiary/aromatic N) is 1. The molecule has 26 heavy (non-hydrogen) atoms. The van der Waals surface area contributed by atoms with Crippen molar-refractivity contribution in [1.82, 2.24) is 10.2 Å². The average molecular weight is 362 g/mol. The Kier molecular flexibility index (Phi) is 5.39. The van der Waals surface area contributed by atoms with Gasteiger partial charge in [0, 0.05) is 31.5 Å². The first kappa shape index (κ1) is 18.9. The van der Waals surface area contributed by atoms with E-state index < -0.39 is 11.7 Å². The van der Waals surface area contributed by atoms with Crippen molar-refractivity contribution in [3.63, 3.8) is 0 Å². The van der Waals surface area contributed by atoms with Crippen LogP contribution in [0.4, 0.5) is 4.79 Å². The fourth-order valence-corrected chi connectivity index (χ4v) is 4.39. The second-order valence-corrected chi connectivity index (χ2v) is 8.69. The van der Waals surface area contributed by atoms with Crippen LogP contribution in [-0.4, -0.2) is 47.4 Å². The molecule has 2 saturated heterocycles. The maximum Gasteiger partial charge on any atom is 0.407 e. The number of rotatable bonds is 4. The first-order valence-corrected chi connectivity index (χ1v) is 9.76. The van der Waals surface area contributed by atoms with Gasteiger partial charge < -0.3 is 15.0 Å². The number of allylic oxidation sites excluding steroid dienone is 1. The van der Waals surface area contributed by atoms with E-state index in [2.05, 4.69) is 11.4 Å². The predicted octanol–water partition coefficient (Wildman–Crippen LogP) is 2.82. The minimum atomic E-state index is -0.507. The second-order valence-electron chi connectivity index (χ2n) is 8.69. The maximum absolute atomic E-state index is 12.7. The largest absolute Gasteiger partial charge is 0.444 e. The molecule has 0 aromatic heterocycles. The first-order valence-electron chi connectivity index (χ1n) is 9.76. The SMILES string of the molecule is CC(C)(C)OC(=O)NCCCC1=C[C@@H]2C[C@@H](CN3C(=O)CCC[C@H]23)C1=O. The smallest absolute Gasteiger partial charge is 0.407 e. The molecule has 0 radical (unpaired) electrons. The summed E-state index contributed by atoms with van der Waals surface area (Å²) in [5, 5.41) is 2.74. The number of carbonyl (C=O) groups is 3. The third-order valence-corrected chi connectivity index (χ3v) is 5.47. The Bertz CT molecular complexity index is 620. The normalized spacial score (nSPS) is 28.3. The summed E-state index contributed by atoms with van der Waals surface area (Å²) in [5.41, 5.74) is 0.377. The zero-order chi connectivity index (χ0) is 18.9. The summed E-state index contributed by atoms with van der Waals surface area (Å²) >= 11 is 0. The van der Waals surface area contributed by atoms with Crippen LogP contribution in [0.5, 0.6) is 0 Å².